The van der Waals surface area contributed by atoms with E-state index in [-0.39, 0.29) is 24.5 Å². The van der Waals surface area contributed by atoms with Gasteiger partial charge in [-0.3, -0.25) is 9.59 Å². The van der Waals surface area contributed by atoms with Crippen molar-refractivity contribution < 1.29 is 14.3 Å². The summed E-state index contributed by atoms with van der Waals surface area (Å²) in [5.41, 5.74) is 0.935. The topological polar surface area (TPSA) is 58.6 Å². The minimum atomic E-state index is -0.606. The fourth-order valence-electron chi connectivity index (χ4n) is 3.57. The predicted molar refractivity (Wildman–Crippen MR) is 121 cm³/mol. The van der Waals surface area contributed by atoms with Crippen molar-refractivity contribution in [1.82, 2.24) is 10.2 Å². The summed E-state index contributed by atoms with van der Waals surface area (Å²) in [5, 5.41) is 3.69. The average Bonchev–Trinajstić information content (AvgIpc) is 3.24. The van der Waals surface area contributed by atoms with Crippen LogP contribution in [0.2, 0.25) is 5.02 Å². The Morgan fingerprint density at radius 1 is 1.20 bits per heavy atom. The molecule has 30 heavy (non-hydrogen) atoms. The van der Waals surface area contributed by atoms with Crippen molar-refractivity contribution >= 4 is 39.3 Å². The molecule has 1 atom stereocenters. The predicted octanol–water partition coefficient (Wildman–Crippen LogP) is 4.96. The fourth-order valence-corrected chi connectivity index (χ4v) is 4.14. The minimum absolute atomic E-state index is 0.128. The summed E-state index contributed by atoms with van der Waals surface area (Å²) in [6.07, 6.45) is 4.26. The van der Waals surface area contributed by atoms with E-state index in [1.54, 1.807) is 36.1 Å². The van der Waals surface area contributed by atoms with Crippen molar-refractivity contribution in [2.75, 3.05) is 6.61 Å². The van der Waals surface area contributed by atoms with Crippen molar-refractivity contribution in [2.45, 2.75) is 51.2 Å². The lowest BCUT2D eigenvalue weighted by Crippen LogP contribution is -2.50. The number of ether oxygens (including phenoxy) is 1. The van der Waals surface area contributed by atoms with Crippen LogP contribution in [0.15, 0.2) is 53.0 Å². The second-order valence-corrected chi connectivity index (χ2v) is 8.91. The Hall–Kier alpha value is -2.05. The second kappa shape index (κ2) is 10.8. The summed E-state index contributed by atoms with van der Waals surface area (Å²) in [4.78, 5) is 27.5. The van der Waals surface area contributed by atoms with E-state index in [0.717, 1.165) is 35.7 Å². The molecule has 1 N–H and O–H groups in total. The van der Waals surface area contributed by atoms with Gasteiger partial charge >= 0.3 is 0 Å². The van der Waals surface area contributed by atoms with Crippen LogP contribution < -0.4 is 10.1 Å². The summed E-state index contributed by atoms with van der Waals surface area (Å²) in [7, 11) is 0. The highest BCUT2D eigenvalue weighted by Crippen LogP contribution is 2.20. The maximum absolute atomic E-state index is 13.0. The minimum Gasteiger partial charge on any atom is -0.484 e. The van der Waals surface area contributed by atoms with E-state index in [0.29, 0.717) is 17.3 Å². The zero-order valence-electron chi connectivity index (χ0n) is 16.9. The van der Waals surface area contributed by atoms with Gasteiger partial charge in [-0.05, 0) is 61.7 Å². The number of nitrogens with one attached hydrogen (secondary N) is 1. The quantitative estimate of drug-likeness (QED) is 0.566. The molecule has 0 bridgehead atoms. The van der Waals surface area contributed by atoms with Crippen LogP contribution in [0.5, 0.6) is 5.75 Å². The molecule has 0 spiro atoms. The molecule has 2 aromatic rings. The molecule has 3 rings (SSSR count). The molecular weight excluding hydrogens is 468 g/mol. The Labute approximate surface area is 190 Å². The van der Waals surface area contributed by atoms with E-state index < -0.39 is 6.04 Å². The Kier molecular flexibility index (Phi) is 8.16. The van der Waals surface area contributed by atoms with E-state index in [1.807, 2.05) is 24.3 Å². The van der Waals surface area contributed by atoms with Gasteiger partial charge in [0.25, 0.3) is 5.91 Å². The molecule has 2 aromatic carbocycles. The number of halogens is 2. The van der Waals surface area contributed by atoms with Crippen LogP contribution >= 0.6 is 27.5 Å². The van der Waals surface area contributed by atoms with Gasteiger partial charge in [0.1, 0.15) is 11.8 Å². The first-order chi connectivity index (χ1) is 14.4. The Morgan fingerprint density at radius 2 is 1.90 bits per heavy atom. The van der Waals surface area contributed by atoms with Crippen LogP contribution in [-0.4, -0.2) is 35.4 Å². The molecule has 1 fully saturated rings. The first kappa shape index (κ1) is 22.6. The van der Waals surface area contributed by atoms with Gasteiger partial charge in [0.05, 0.1) is 0 Å². The Morgan fingerprint density at radius 3 is 2.57 bits per heavy atom. The van der Waals surface area contributed by atoms with Crippen LogP contribution in [0, 0.1) is 0 Å². The van der Waals surface area contributed by atoms with Crippen molar-refractivity contribution in [3.8, 4) is 5.75 Å². The first-order valence-corrected chi connectivity index (χ1v) is 11.3. The average molecular weight is 494 g/mol. The van der Waals surface area contributed by atoms with E-state index in [4.69, 9.17) is 16.3 Å². The highest BCUT2D eigenvalue weighted by Gasteiger charge is 2.28. The van der Waals surface area contributed by atoms with Crippen molar-refractivity contribution in [2.24, 2.45) is 0 Å². The van der Waals surface area contributed by atoms with Gasteiger partial charge in [-0.25, -0.2) is 0 Å². The van der Waals surface area contributed by atoms with Crippen LogP contribution in [0.1, 0.15) is 38.2 Å². The highest BCUT2D eigenvalue weighted by molar-refractivity contribution is 9.10. The first-order valence-electron chi connectivity index (χ1n) is 10.1. The standard InChI is InChI=1S/C23H26BrClN2O3/c1-16(23(29)26-20-7-2-3-8-20)27(14-17-5-4-6-18(24)13-17)22(28)15-30-21-11-9-19(25)10-12-21/h4-6,9-13,16,20H,2-3,7-8,14-15H2,1H3,(H,26,29)/t16-/m1/s1. The molecule has 0 aliphatic heterocycles. The second-order valence-electron chi connectivity index (χ2n) is 7.56. The lowest BCUT2D eigenvalue weighted by molar-refractivity contribution is -0.142. The number of carbonyl (C=O) groups is 2. The SMILES string of the molecule is C[C@H](C(=O)NC1CCCC1)N(Cc1cccc(Br)c1)C(=O)COc1ccc(Cl)cc1. The van der Waals surface area contributed by atoms with Crippen LogP contribution in [-0.2, 0) is 16.1 Å². The molecule has 7 heteroatoms. The number of nitrogens with zero attached hydrogens (tertiary/aromatic N) is 1. The highest BCUT2D eigenvalue weighted by atomic mass is 79.9. The van der Waals surface area contributed by atoms with Crippen molar-refractivity contribution in [1.29, 1.82) is 0 Å². The number of hydrogen-bond donors (Lipinski definition) is 1. The summed E-state index contributed by atoms with van der Waals surface area (Å²) in [6.45, 7) is 1.93. The number of benzene rings is 2. The molecule has 1 aliphatic rings. The molecule has 1 aliphatic carbocycles. The zero-order valence-corrected chi connectivity index (χ0v) is 19.3. The summed E-state index contributed by atoms with van der Waals surface area (Å²) < 4.78 is 6.56. The number of rotatable bonds is 8. The lowest BCUT2D eigenvalue weighted by Gasteiger charge is -2.29. The maximum Gasteiger partial charge on any atom is 0.261 e. The van der Waals surface area contributed by atoms with Gasteiger partial charge < -0.3 is 15.0 Å². The maximum atomic E-state index is 13.0. The van der Waals surface area contributed by atoms with Crippen LogP contribution in [0.25, 0.3) is 0 Å². The van der Waals surface area contributed by atoms with Gasteiger partial charge in [0.15, 0.2) is 6.61 Å². The number of amides is 2. The molecule has 2 amide bonds. The number of carbonyl (C=O) groups excluding carboxylic acids is 2. The van der Waals surface area contributed by atoms with Crippen molar-refractivity contribution in [3.05, 3.63) is 63.6 Å². The van der Waals surface area contributed by atoms with Gasteiger partial charge in [0, 0.05) is 22.1 Å². The van der Waals surface area contributed by atoms with E-state index >= 15 is 0 Å². The molecule has 0 radical (unpaired) electrons. The number of hydrogen-bond acceptors (Lipinski definition) is 3. The Bertz CT molecular complexity index is 869. The smallest absolute Gasteiger partial charge is 0.261 e. The molecular formula is C23H26BrClN2O3. The normalized spacial score (nSPS) is 14.9. The summed E-state index contributed by atoms with van der Waals surface area (Å²) in [5.74, 6) is 0.175. The van der Waals surface area contributed by atoms with E-state index in [2.05, 4.69) is 21.2 Å². The third kappa shape index (κ3) is 6.47. The van der Waals surface area contributed by atoms with Gasteiger partial charge in [-0.1, -0.05) is 52.5 Å². The van der Waals surface area contributed by atoms with Crippen molar-refractivity contribution in [3.63, 3.8) is 0 Å². The zero-order chi connectivity index (χ0) is 21.5. The van der Waals surface area contributed by atoms with Gasteiger partial charge in [-0.2, -0.15) is 0 Å². The molecule has 0 heterocycles. The summed E-state index contributed by atoms with van der Waals surface area (Å²) >= 11 is 9.36. The largest absolute Gasteiger partial charge is 0.484 e. The molecule has 0 saturated heterocycles. The molecule has 5 nitrogen and oxygen atoms in total. The molecule has 0 unspecified atom stereocenters. The van der Waals surface area contributed by atoms with Gasteiger partial charge in [0.2, 0.25) is 5.91 Å². The summed E-state index contributed by atoms with van der Waals surface area (Å²) in [6, 6.07) is 14.2. The third-order valence-corrected chi connectivity index (χ3v) is 6.03. The van der Waals surface area contributed by atoms with Crippen LogP contribution in [0.4, 0.5) is 0 Å². The Balaban J connectivity index is 1.70. The molecule has 160 valence electrons. The lowest BCUT2D eigenvalue weighted by atomic mass is 10.1. The van der Waals surface area contributed by atoms with Crippen LogP contribution in [0.3, 0.4) is 0 Å². The molecule has 1 saturated carbocycles. The molecule has 0 aromatic heterocycles. The monoisotopic (exact) mass is 492 g/mol. The fraction of sp³-hybridized carbons (Fsp3) is 0.391. The third-order valence-electron chi connectivity index (χ3n) is 5.29. The van der Waals surface area contributed by atoms with Gasteiger partial charge in [-0.15, -0.1) is 0 Å². The van der Waals surface area contributed by atoms with E-state index in [1.165, 1.54) is 0 Å². The van der Waals surface area contributed by atoms with E-state index in [9.17, 15) is 9.59 Å².